The van der Waals surface area contributed by atoms with Crippen molar-refractivity contribution in [1.82, 2.24) is 0 Å². The Morgan fingerprint density at radius 3 is 2.09 bits per heavy atom. The van der Waals surface area contributed by atoms with Crippen LogP contribution in [0, 0.1) is 11.6 Å². The van der Waals surface area contributed by atoms with Crippen LogP contribution in [-0.2, 0) is 25.2 Å². The highest BCUT2D eigenvalue weighted by atomic mass is 19.4. The molecule has 0 aromatic heterocycles. The number of hydrogen-bond donors (Lipinski definition) is 1. The third kappa shape index (κ3) is 5.33. The quantitative estimate of drug-likeness (QED) is 0.286. The molecule has 1 aliphatic heterocycles. The molecule has 7 nitrogen and oxygen atoms in total. The van der Waals surface area contributed by atoms with Gasteiger partial charge in [0, 0.05) is 26.1 Å². The van der Waals surface area contributed by atoms with E-state index in [4.69, 9.17) is 18.9 Å². The first-order valence-electron chi connectivity index (χ1n) is 9.16. The second-order valence-electron chi connectivity index (χ2n) is 7.11. The zero-order valence-corrected chi connectivity index (χ0v) is 17.3. The Labute approximate surface area is 183 Å². The molecule has 12 heteroatoms. The molecular formula is C21H16F5NO6. The highest BCUT2D eigenvalue weighted by Gasteiger charge is 2.39. The van der Waals surface area contributed by atoms with Crippen molar-refractivity contribution in [3.63, 3.8) is 0 Å². The average molecular weight is 473 g/mol. The average Bonchev–Trinajstić information content (AvgIpc) is 2.68. The highest BCUT2D eigenvalue weighted by molar-refractivity contribution is 6.15. The molecule has 1 N–H and O–H groups in total. The van der Waals surface area contributed by atoms with Crippen molar-refractivity contribution in [2.45, 2.75) is 25.8 Å². The van der Waals surface area contributed by atoms with Gasteiger partial charge in [0.1, 0.15) is 5.75 Å². The molecule has 33 heavy (non-hydrogen) atoms. The molecule has 0 unspecified atom stereocenters. The molecule has 2 aromatic rings. The number of benzene rings is 2. The number of alkyl halides is 3. The van der Waals surface area contributed by atoms with Gasteiger partial charge in [-0.15, -0.1) is 0 Å². The van der Waals surface area contributed by atoms with Crippen molar-refractivity contribution < 1.29 is 50.5 Å². The van der Waals surface area contributed by atoms with E-state index in [0.29, 0.717) is 0 Å². The van der Waals surface area contributed by atoms with E-state index in [-0.39, 0.29) is 29.3 Å². The fourth-order valence-corrected chi connectivity index (χ4v) is 2.70. The smallest absolute Gasteiger partial charge is 0.416 e. The van der Waals surface area contributed by atoms with E-state index in [1.54, 1.807) is 0 Å². The Morgan fingerprint density at radius 2 is 1.58 bits per heavy atom. The summed E-state index contributed by atoms with van der Waals surface area (Å²) >= 11 is 0. The van der Waals surface area contributed by atoms with Crippen LogP contribution in [0.15, 0.2) is 42.1 Å². The molecule has 3 rings (SSSR count). The van der Waals surface area contributed by atoms with Crippen molar-refractivity contribution in [1.29, 1.82) is 0 Å². The van der Waals surface area contributed by atoms with Crippen LogP contribution in [0.1, 0.15) is 19.4 Å². The number of rotatable bonds is 5. The van der Waals surface area contributed by atoms with Crippen LogP contribution in [0.5, 0.6) is 17.2 Å². The van der Waals surface area contributed by atoms with Gasteiger partial charge in [0.15, 0.2) is 28.7 Å². The van der Waals surface area contributed by atoms with Crippen molar-refractivity contribution in [3.8, 4) is 17.2 Å². The number of methoxy groups -OCH3 is 1. The van der Waals surface area contributed by atoms with Crippen LogP contribution in [0.25, 0.3) is 0 Å². The third-order valence-electron chi connectivity index (χ3n) is 4.21. The number of ether oxygens (including phenoxy) is 4. The lowest BCUT2D eigenvalue weighted by Gasteiger charge is -2.29. The lowest BCUT2D eigenvalue weighted by atomic mass is 10.2. The van der Waals surface area contributed by atoms with E-state index in [2.05, 4.69) is 5.32 Å². The number of carbonyl (C=O) groups excluding carboxylic acids is 2. The van der Waals surface area contributed by atoms with E-state index >= 15 is 0 Å². The molecule has 0 saturated carbocycles. The summed E-state index contributed by atoms with van der Waals surface area (Å²) in [5.74, 6) is -7.75. The maximum atomic E-state index is 14.2. The molecule has 1 saturated heterocycles. The fourth-order valence-electron chi connectivity index (χ4n) is 2.70. The number of carbonyl (C=O) groups is 2. The summed E-state index contributed by atoms with van der Waals surface area (Å²) in [6.07, 6.45) is -4.04. The van der Waals surface area contributed by atoms with E-state index in [9.17, 15) is 31.5 Å². The number of hydrogen-bond acceptors (Lipinski definition) is 7. The van der Waals surface area contributed by atoms with E-state index in [1.165, 1.54) is 39.2 Å². The van der Waals surface area contributed by atoms with Crippen LogP contribution >= 0.6 is 0 Å². The van der Waals surface area contributed by atoms with Gasteiger partial charge in [-0.2, -0.15) is 13.2 Å². The molecule has 0 spiro atoms. The van der Waals surface area contributed by atoms with Gasteiger partial charge in [0.2, 0.25) is 0 Å². The van der Waals surface area contributed by atoms with Gasteiger partial charge in [-0.05, 0) is 24.3 Å². The molecule has 0 amide bonds. The lowest BCUT2D eigenvalue weighted by molar-refractivity contribution is -0.222. The molecule has 0 bridgehead atoms. The fraction of sp³-hybridized carbons (Fsp3) is 0.238. The van der Waals surface area contributed by atoms with Crippen LogP contribution in [0.2, 0.25) is 0 Å². The van der Waals surface area contributed by atoms with Gasteiger partial charge in [0.25, 0.3) is 5.79 Å². The van der Waals surface area contributed by atoms with Gasteiger partial charge >= 0.3 is 18.1 Å². The molecule has 0 atom stereocenters. The first kappa shape index (κ1) is 23.8. The van der Waals surface area contributed by atoms with Gasteiger partial charge in [-0.1, -0.05) is 0 Å². The Bertz CT molecular complexity index is 1100. The van der Waals surface area contributed by atoms with Gasteiger partial charge in [-0.25, -0.2) is 18.4 Å². The second-order valence-corrected chi connectivity index (χ2v) is 7.11. The lowest BCUT2D eigenvalue weighted by Crippen LogP contribution is -2.42. The SMILES string of the molecule is COc1ccc(Oc2c(F)cc(C(F)(F)F)cc2F)c(NC=C2C(=O)OC(C)(C)OC2=O)c1. The largest absolute Gasteiger partial charge is 0.497 e. The number of nitrogens with one attached hydrogen (secondary N) is 1. The zero-order chi connectivity index (χ0) is 24.6. The van der Waals surface area contributed by atoms with Crippen LogP contribution in [0.3, 0.4) is 0 Å². The van der Waals surface area contributed by atoms with Gasteiger partial charge < -0.3 is 24.3 Å². The van der Waals surface area contributed by atoms with E-state index in [0.717, 1.165) is 6.20 Å². The minimum Gasteiger partial charge on any atom is -0.497 e. The molecule has 0 radical (unpaired) electrons. The Kier molecular flexibility index (Phi) is 6.21. The summed E-state index contributed by atoms with van der Waals surface area (Å²) < 4.78 is 86.8. The van der Waals surface area contributed by atoms with Crippen LogP contribution < -0.4 is 14.8 Å². The van der Waals surface area contributed by atoms with E-state index in [1.807, 2.05) is 0 Å². The molecule has 1 aliphatic rings. The standard InChI is InChI=1S/C21H16F5NO6/c1-20(2)32-18(28)12(19(29)33-20)9-27-15-8-11(30-3)4-5-16(15)31-17-13(22)6-10(7-14(17)23)21(24,25)26/h4-9,27H,1-3H3. The van der Waals surface area contributed by atoms with Crippen molar-refractivity contribution >= 4 is 17.6 Å². The predicted molar refractivity (Wildman–Crippen MR) is 102 cm³/mol. The predicted octanol–water partition coefficient (Wildman–Crippen LogP) is 4.92. The molecule has 1 fully saturated rings. The second kappa shape index (κ2) is 8.60. The normalized spacial score (nSPS) is 15.5. The molecule has 1 heterocycles. The van der Waals surface area contributed by atoms with Gasteiger partial charge in [0.05, 0.1) is 18.4 Å². The molecule has 0 aliphatic carbocycles. The maximum Gasteiger partial charge on any atom is 0.416 e. The number of anilines is 1. The summed E-state index contributed by atoms with van der Waals surface area (Å²) in [6, 6.07) is 4.02. The van der Waals surface area contributed by atoms with Crippen molar-refractivity contribution in [2.24, 2.45) is 0 Å². The summed E-state index contributed by atoms with van der Waals surface area (Å²) in [6.45, 7) is 2.71. The minimum absolute atomic E-state index is 0.0500. The first-order chi connectivity index (χ1) is 15.3. The van der Waals surface area contributed by atoms with Crippen LogP contribution in [0.4, 0.5) is 27.6 Å². The summed E-state index contributed by atoms with van der Waals surface area (Å²) in [7, 11) is 1.32. The van der Waals surface area contributed by atoms with Crippen LogP contribution in [-0.4, -0.2) is 24.8 Å². The summed E-state index contributed by atoms with van der Waals surface area (Å²) in [5.41, 5.74) is -2.10. The summed E-state index contributed by atoms with van der Waals surface area (Å²) in [5, 5.41) is 2.55. The van der Waals surface area contributed by atoms with Gasteiger partial charge in [-0.3, -0.25) is 0 Å². The monoisotopic (exact) mass is 473 g/mol. The topological polar surface area (TPSA) is 83.1 Å². The Morgan fingerprint density at radius 1 is 1.00 bits per heavy atom. The Balaban J connectivity index is 1.95. The summed E-state index contributed by atoms with van der Waals surface area (Å²) in [4.78, 5) is 24.1. The minimum atomic E-state index is -4.96. The van der Waals surface area contributed by atoms with Crippen molar-refractivity contribution in [2.75, 3.05) is 12.4 Å². The zero-order valence-electron chi connectivity index (χ0n) is 17.3. The number of esters is 2. The molecule has 176 valence electrons. The highest BCUT2D eigenvalue weighted by Crippen LogP contribution is 2.38. The number of halogens is 5. The number of cyclic esters (lactones) is 2. The molecule has 2 aromatic carbocycles. The van der Waals surface area contributed by atoms with E-state index < -0.39 is 52.4 Å². The third-order valence-corrected chi connectivity index (χ3v) is 4.21. The molecular weight excluding hydrogens is 457 g/mol. The first-order valence-corrected chi connectivity index (χ1v) is 9.16. The maximum absolute atomic E-state index is 14.2. The Hall–Kier alpha value is -3.83. The van der Waals surface area contributed by atoms with Crippen molar-refractivity contribution in [3.05, 3.63) is 59.3 Å².